The molecule has 3 nitrogen and oxygen atoms in total. The van der Waals surface area contributed by atoms with Crippen LogP contribution in [0, 0.1) is 11.6 Å². The van der Waals surface area contributed by atoms with Gasteiger partial charge in [-0.1, -0.05) is 6.07 Å². The van der Waals surface area contributed by atoms with E-state index in [0.717, 1.165) is 6.07 Å². The average molecular weight is 278 g/mol. The van der Waals surface area contributed by atoms with E-state index in [1.165, 1.54) is 43.5 Å². The van der Waals surface area contributed by atoms with Gasteiger partial charge < -0.3 is 9.47 Å². The monoisotopic (exact) mass is 278 g/mol. The largest absolute Gasteiger partial charge is 0.494 e. The Morgan fingerprint density at radius 1 is 1.15 bits per heavy atom. The third-order valence-corrected chi connectivity index (χ3v) is 2.64. The molecule has 0 atom stereocenters. The first-order chi connectivity index (χ1) is 9.60. The summed E-state index contributed by atoms with van der Waals surface area (Å²) in [6.07, 6.45) is 0. The van der Waals surface area contributed by atoms with Crippen LogP contribution in [0.4, 0.5) is 8.78 Å². The molecule has 0 radical (unpaired) electrons. The van der Waals surface area contributed by atoms with E-state index in [-0.39, 0.29) is 23.7 Å². The molecule has 0 heterocycles. The molecule has 0 saturated heterocycles. The lowest BCUT2D eigenvalue weighted by molar-refractivity contribution is 0.0920. The summed E-state index contributed by atoms with van der Waals surface area (Å²) >= 11 is 0. The van der Waals surface area contributed by atoms with Gasteiger partial charge in [0.05, 0.1) is 7.11 Å². The highest BCUT2D eigenvalue weighted by atomic mass is 19.1. The van der Waals surface area contributed by atoms with Gasteiger partial charge in [-0.2, -0.15) is 0 Å². The van der Waals surface area contributed by atoms with Crippen LogP contribution in [0.25, 0.3) is 0 Å². The van der Waals surface area contributed by atoms with Crippen LogP contribution in [0.2, 0.25) is 0 Å². The number of rotatable bonds is 5. The molecular formula is C15H12F2O3. The van der Waals surface area contributed by atoms with Crippen molar-refractivity contribution in [3.05, 3.63) is 59.7 Å². The van der Waals surface area contributed by atoms with E-state index in [2.05, 4.69) is 0 Å². The zero-order valence-electron chi connectivity index (χ0n) is 10.7. The fourth-order valence-electron chi connectivity index (χ4n) is 1.63. The molecule has 0 N–H and O–H groups in total. The van der Waals surface area contributed by atoms with Crippen molar-refractivity contribution in [2.24, 2.45) is 0 Å². The van der Waals surface area contributed by atoms with Crippen LogP contribution in [0.1, 0.15) is 10.4 Å². The van der Waals surface area contributed by atoms with Gasteiger partial charge in [0.1, 0.15) is 11.6 Å². The first-order valence-electron chi connectivity index (χ1n) is 5.85. The Hall–Kier alpha value is -2.43. The van der Waals surface area contributed by atoms with E-state index in [1.54, 1.807) is 0 Å². The highest BCUT2D eigenvalue weighted by Crippen LogP contribution is 2.18. The fourth-order valence-corrected chi connectivity index (χ4v) is 1.63. The standard InChI is InChI=1S/C15H12F2O3/c1-19-15-6-5-10(7-13(15)17)14(18)9-20-12-4-2-3-11(16)8-12/h2-8H,9H2,1H3. The molecule has 0 aromatic heterocycles. The molecular weight excluding hydrogens is 266 g/mol. The van der Waals surface area contributed by atoms with Crippen molar-refractivity contribution >= 4 is 5.78 Å². The van der Waals surface area contributed by atoms with Crippen molar-refractivity contribution in [2.45, 2.75) is 0 Å². The van der Waals surface area contributed by atoms with Crippen molar-refractivity contribution in [2.75, 3.05) is 13.7 Å². The number of ketones is 1. The fraction of sp³-hybridized carbons (Fsp3) is 0.133. The molecule has 5 heteroatoms. The smallest absolute Gasteiger partial charge is 0.200 e. The summed E-state index contributed by atoms with van der Waals surface area (Å²) in [6, 6.07) is 9.34. The molecule has 0 amide bonds. The highest BCUT2D eigenvalue weighted by molar-refractivity contribution is 5.97. The van der Waals surface area contributed by atoms with Gasteiger partial charge >= 0.3 is 0 Å². The number of benzene rings is 2. The maximum Gasteiger partial charge on any atom is 0.200 e. The van der Waals surface area contributed by atoms with E-state index in [0.29, 0.717) is 0 Å². The second-order valence-electron chi connectivity index (χ2n) is 4.02. The second-order valence-corrected chi connectivity index (χ2v) is 4.02. The Kier molecular flexibility index (Phi) is 4.30. The van der Waals surface area contributed by atoms with Crippen molar-refractivity contribution in [1.82, 2.24) is 0 Å². The van der Waals surface area contributed by atoms with Crippen LogP contribution in [0.5, 0.6) is 11.5 Å². The van der Waals surface area contributed by atoms with Crippen LogP contribution in [-0.4, -0.2) is 19.5 Å². The quantitative estimate of drug-likeness (QED) is 0.788. The summed E-state index contributed by atoms with van der Waals surface area (Å²) in [6.45, 7) is -0.296. The van der Waals surface area contributed by atoms with E-state index in [4.69, 9.17) is 9.47 Å². The van der Waals surface area contributed by atoms with E-state index in [1.807, 2.05) is 0 Å². The molecule has 0 bridgehead atoms. The molecule has 0 aliphatic rings. The van der Waals surface area contributed by atoms with E-state index < -0.39 is 17.4 Å². The summed E-state index contributed by atoms with van der Waals surface area (Å²) in [5.74, 6) is -1.18. The Morgan fingerprint density at radius 3 is 2.60 bits per heavy atom. The summed E-state index contributed by atoms with van der Waals surface area (Å²) in [5.41, 5.74) is 0.166. The van der Waals surface area contributed by atoms with Crippen LogP contribution in [0.15, 0.2) is 42.5 Å². The van der Waals surface area contributed by atoms with Crippen molar-refractivity contribution < 1.29 is 23.0 Å². The van der Waals surface area contributed by atoms with E-state index in [9.17, 15) is 13.6 Å². The number of Topliss-reactive ketones (excluding diaryl/α,β-unsaturated/α-hetero) is 1. The van der Waals surface area contributed by atoms with E-state index >= 15 is 0 Å². The molecule has 0 fully saturated rings. The lowest BCUT2D eigenvalue weighted by Crippen LogP contribution is -2.12. The number of carbonyl (C=O) groups excluding carboxylic acids is 1. The highest BCUT2D eigenvalue weighted by Gasteiger charge is 2.11. The number of methoxy groups -OCH3 is 1. The predicted octanol–water partition coefficient (Wildman–Crippen LogP) is 3.24. The van der Waals surface area contributed by atoms with Gasteiger partial charge in [-0.05, 0) is 30.3 Å². The summed E-state index contributed by atoms with van der Waals surface area (Å²) < 4.78 is 36.3. The molecule has 0 spiro atoms. The van der Waals surface area contributed by atoms with Crippen LogP contribution in [0.3, 0.4) is 0 Å². The minimum atomic E-state index is -0.621. The Bertz CT molecular complexity index is 626. The second kappa shape index (κ2) is 6.14. The number of carbonyl (C=O) groups is 1. The maximum atomic E-state index is 13.5. The Balaban J connectivity index is 2.03. The van der Waals surface area contributed by atoms with Gasteiger partial charge in [0.25, 0.3) is 0 Å². The molecule has 0 unspecified atom stereocenters. The number of hydrogen-bond donors (Lipinski definition) is 0. The van der Waals surface area contributed by atoms with Gasteiger partial charge in [0.2, 0.25) is 0 Å². The van der Waals surface area contributed by atoms with Crippen molar-refractivity contribution in [1.29, 1.82) is 0 Å². The number of ether oxygens (including phenoxy) is 2. The molecule has 2 aromatic rings. The zero-order valence-corrected chi connectivity index (χ0v) is 10.7. The summed E-state index contributed by atoms with van der Waals surface area (Å²) in [4.78, 5) is 11.8. The SMILES string of the molecule is COc1ccc(C(=O)COc2cccc(F)c2)cc1F. The molecule has 2 rings (SSSR count). The minimum absolute atomic E-state index is 0.0626. The topological polar surface area (TPSA) is 35.5 Å². The Labute approximate surface area is 114 Å². The maximum absolute atomic E-state index is 13.5. The lowest BCUT2D eigenvalue weighted by atomic mass is 10.1. The van der Waals surface area contributed by atoms with Crippen LogP contribution >= 0.6 is 0 Å². The van der Waals surface area contributed by atoms with Gasteiger partial charge in [-0.3, -0.25) is 4.79 Å². The zero-order chi connectivity index (χ0) is 14.5. The van der Waals surface area contributed by atoms with Crippen LogP contribution < -0.4 is 9.47 Å². The van der Waals surface area contributed by atoms with Gasteiger partial charge in [0, 0.05) is 11.6 Å². The molecule has 0 aliphatic heterocycles. The molecule has 104 valence electrons. The van der Waals surface area contributed by atoms with Gasteiger partial charge in [-0.15, -0.1) is 0 Å². The first-order valence-corrected chi connectivity index (χ1v) is 5.85. The normalized spacial score (nSPS) is 10.2. The molecule has 0 aliphatic carbocycles. The number of hydrogen-bond acceptors (Lipinski definition) is 3. The summed E-state index contributed by atoms with van der Waals surface area (Å²) in [5, 5.41) is 0. The number of halogens is 2. The van der Waals surface area contributed by atoms with Crippen molar-refractivity contribution in [3.8, 4) is 11.5 Å². The predicted molar refractivity (Wildman–Crippen MR) is 69.2 cm³/mol. The molecule has 0 saturated carbocycles. The van der Waals surface area contributed by atoms with Crippen molar-refractivity contribution in [3.63, 3.8) is 0 Å². The van der Waals surface area contributed by atoms with Crippen LogP contribution in [-0.2, 0) is 0 Å². The first kappa shape index (κ1) is 14.0. The average Bonchev–Trinajstić information content (AvgIpc) is 2.44. The van der Waals surface area contributed by atoms with Gasteiger partial charge in [0.15, 0.2) is 24.0 Å². The Morgan fingerprint density at radius 2 is 1.95 bits per heavy atom. The molecule has 20 heavy (non-hydrogen) atoms. The molecule has 2 aromatic carbocycles. The van der Waals surface area contributed by atoms with Gasteiger partial charge in [-0.25, -0.2) is 8.78 Å². The summed E-state index contributed by atoms with van der Waals surface area (Å²) in [7, 11) is 1.34. The minimum Gasteiger partial charge on any atom is -0.494 e. The third-order valence-electron chi connectivity index (χ3n) is 2.64. The lowest BCUT2D eigenvalue weighted by Gasteiger charge is -2.07. The third kappa shape index (κ3) is 3.32.